The number of halogens is 3. The Morgan fingerprint density at radius 3 is 2.91 bits per heavy atom. The average Bonchev–Trinajstić information content (AvgIpc) is 3.03. The van der Waals surface area contributed by atoms with E-state index >= 15 is 0 Å². The molecule has 22 heavy (non-hydrogen) atoms. The predicted molar refractivity (Wildman–Crippen MR) is 86.7 cm³/mol. The van der Waals surface area contributed by atoms with Crippen molar-refractivity contribution in [3.05, 3.63) is 56.1 Å². The van der Waals surface area contributed by atoms with Crippen molar-refractivity contribution in [3.63, 3.8) is 0 Å². The van der Waals surface area contributed by atoms with E-state index in [0.29, 0.717) is 14.9 Å². The fraction of sp³-hybridized carbons (Fsp3) is 0.133. The van der Waals surface area contributed by atoms with E-state index in [2.05, 4.69) is 4.74 Å². The molecule has 3 aromatic rings. The maximum absolute atomic E-state index is 14.3. The summed E-state index contributed by atoms with van der Waals surface area (Å²) in [6.07, 6.45) is 1.81. The fourth-order valence-corrected chi connectivity index (χ4v) is 3.79. The first kappa shape index (κ1) is 15.3. The minimum atomic E-state index is -0.679. The Bertz CT molecular complexity index is 872. The number of methoxy groups -OCH3 is 1. The van der Waals surface area contributed by atoms with Crippen LogP contribution in [-0.4, -0.2) is 17.6 Å². The maximum Gasteiger partial charge on any atom is 0.341 e. The summed E-state index contributed by atoms with van der Waals surface area (Å²) in [6, 6.07) is 5.30. The summed E-state index contributed by atoms with van der Waals surface area (Å²) >= 11 is 13.4. The van der Waals surface area contributed by atoms with E-state index in [1.54, 1.807) is 12.1 Å². The van der Waals surface area contributed by atoms with Gasteiger partial charge in [0.1, 0.15) is 5.56 Å². The first-order valence-electron chi connectivity index (χ1n) is 6.29. The van der Waals surface area contributed by atoms with Gasteiger partial charge in [-0.1, -0.05) is 23.2 Å². The normalized spacial score (nSPS) is 11.1. The van der Waals surface area contributed by atoms with E-state index in [-0.39, 0.29) is 12.1 Å². The number of nitrogens with zero attached hydrogens (tertiary/aromatic N) is 1. The molecule has 0 aliphatic rings. The summed E-state index contributed by atoms with van der Waals surface area (Å²) in [6.45, 7) is 0.276. The number of hydrogen-bond acceptors (Lipinski definition) is 3. The van der Waals surface area contributed by atoms with Crippen LogP contribution in [0.1, 0.15) is 15.2 Å². The van der Waals surface area contributed by atoms with E-state index in [9.17, 15) is 9.18 Å². The highest BCUT2D eigenvalue weighted by molar-refractivity contribution is 7.10. The van der Waals surface area contributed by atoms with Crippen molar-refractivity contribution in [2.24, 2.45) is 0 Å². The zero-order valence-electron chi connectivity index (χ0n) is 11.4. The van der Waals surface area contributed by atoms with Crippen molar-refractivity contribution >= 4 is 51.4 Å². The smallest absolute Gasteiger partial charge is 0.341 e. The van der Waals surface area contributed by atoms with Crippen molar-refractivity contribution in [2.45, 2.75) is 6.54 Å². The van der Waals surface area contributed by atoms with Crippen molar-refractivity contribution in [2.75, 3.05) is 7.11 Å². The molecular weight excluding hydrogens is 348 g/mol. The van der Waals surface area contributed by atoms with Crippen LogP contribution in [0.3, 0.4) is 0 Å². The Labute approximate surface area is 139 Å². The number of ether oxygens (including phenoxy) is 1. The van der Waals surface area contributed by atoms with Gasteiger partial charge in [0.2, 0.25) is 0 Å². The molecule has 2 aromatic heterocycles. The molecule has 0 saturated heterocycles. The molecule has 0 aliphatic heterocycles. The third-order valence-corrected chi connectivity index (χ3v) is 4.75. The van der Waals surface area contributed by atoms with Gasteiger partial charge in [-0.2, -0.15) is 0 Å². The second kappa shape index (κ2) is 5.91. The number of benzene rings is 1. The standard InChI is InChI=1S/C15H10Cl2FNO2S/c1-21-15(20)10-7-22-12(13(10)18)6-19-3-2-8-4-9(16)5-11(17)14(8)19/h2-5,7H,6H2,1H3. The monoisotopic (exact) mass is 357 g/mol. The first-order chi connectivity index (χ1) is 10.5. The van der Waals surface area contributed by atoms with Crippen LogP contribution < -0.4 is 0 Å². The van der Waals surface area contributed by atoms with Crippen LogP contribution in [0, 0.1) is 5.82 Å². The Morgan fingerprint density at radius 2 is 2.18 bits per heavy atom. The number of fused-ring (bicyclic) bond motifs is 1. The maximum atomic E-state index is 14.3. The highest BCUT2D eigenvalue weighted by atomic mass is 35.5. The van der Waals surface area contributed by atoms with Gasteiger partial charge in [0, 0.05) is 22.0 Å². The molecule has 0 bridgehead atoms. The van der Waals surface area contributed by atoms with E-state index in [1.165, 1.54) is 23.8 Å². The number of aromatic nitrogens is 1. The molecule has 0 spiro atoms. The van der Waals surface area contributed by atoms with Gasteiger partial charge in [0.25, 0.3) is 0 Å². The quantitative estimate of drug-likeness (QED) is 0.618. The van der Waals surface area contributed by atoms with Crippen LogP contribution in [-0.2, 0) is 11.3 Å². The lowest BCUT2D eigenvalue weighted by Crippen LogP contribution is -2.04. The highest BCUT2D eigenvalue weighted by Crippen LogP contribution is 2.30. The SMILES string of the molecule is COC(=O)c1csc(Cn2ccc3cc(Cl)cc(Cl)c32)c1F. The highest BCUT2D eigenvalue weighted by Gasteiger charge is 2.19. The summed E-state index contributed by atoms with van der Waals surface area (Å²) in [4.78, 5) is 11.9. The molecule has 0 amide bonds. The third kappa shape index (κ3) is 2.60. The number of carbonyl (C=O) groups is 1. The Morgan fingerprint density at radius 1 is 1.41 bits per heavy atom. The molecule has 2 heterocycles. The van der Waals surface area contributed by atoms with Crippen LogP contribution in [0.4, 0.5) is 4.39 Å². The molecule has 0 radical (unpaired) electrons. The second-order valence-electron chi connectivity index (χ2n) is 4.65. The zero-order valence-corrected chi connectivity index (χ0v) is 13.7. The van der Waals surface area contributed by atoms with E-state index in [1.807, 2.05) is 16.8 Å². The lowest BCUT2D eigenvalue weighted by Gasteiger charge is -2.06. The zero-order chi connectivity index (χ0) is 15.9. The van der Waals surface area contributed by atoms with Crippen LogP contribution in [0.15, 0.2) is 29.8 Å². The molecule has 0 unspecified atom stereocenters. The van der Waals surface area contributed by atoms with Gasteiger partial charge in [-0.3, -0.25) is 0 Å². The summed E-state index contributed by atoms with van der Waals surface area (Å²) in [5.74, 6) is -1.23. The largest absolute Gasteiger partial charge is 0.465 e. The van der Waals surface area contributed by atoms with E-state index < -0.39 is 11.8 Å². The van der Waals surface area contributed by atoms with Gasteiger partial charge < -0.3 is 9.30 Å². The second-order valence-corrected chi connectivity index (χ2v) is 6.46. The lowest BCUT2D eigenvalue weighted by molar-refractivity contribution is 0.0596. The van der Waals surface area contributed by atoms with E-state index in [4.69, 9.17) is 23.2 Å². The number of carbonyl (C=O) groups excluding carboxylic acids is 1. The topological polar surface area (TPSA) is 31.2 Å². The van der Waals surface area contributed by atoms with Crippen molar-refractivity contribution in [1.29, 1.82) is 0 Å². The molecule has 0 aliphatic carbocycles. The van der Waals surface area contributed by atoms with E-state index in [0.717, 1.165) is 10.9 Å². The van der Waals surface area contributed by atoms with Gasteiger partial charge in [0.15, 0.2) is 5.82 Å². The van der Waals surface area contributed by atoms with Crippen molar-refractivity contribution < 1.29 is 13.9 Å². The molecular formula is C15H10Cl2FNO2S. The third-order valence-electron chi connectivity index (χ3n) is 3.30. The van der Waals surface area contributed by atoms with Crippen LogP contribution >= 0.6 is 34.5 Å². The molecule has 0 atom stereocenters. The summed E-state index contributed by atoms with van der Waals surface area (Å²) in [5, 5.41) is 3.38. The van der Waals surface area contributed by atoms with Crippen molar-refractivity contribution in [1.82, 2.24) is 4.57 Å². The summed E-state index contributed by atoms with van der Waals surface area (Å²) in [5.41, 5.74) is 0.728. The van der Waals surface area contributed by atoms with Gasteiger partial charge in [-0.15, -0.1) is 11.3 Å². The Kier molecular flexibility index (Phi) is 4.12. The molecule has 7 heteroatoms. The lowest BCUT2D eigenvalue weighted by atomic mass is 10.2. The summed E-state index contributed by atoms with van der Waals surface area (Å²) in [7, 11) is 1.22. The predicted octanol–water partition coefficient (Wildman–Crippen LogP) is 4.98. The molecule has 0 fully saturated rings. The van der Waals surface area contributed by atoms with Gasteiger partial charge in [-0.05, 0) is 18.2 Å². The molecule has 3 nitrogen and oxygen atoms in total. The first-order valence-corrected chi connectivity index (χ1v) is 7.93. The van der Waals surface area contributed by atoms with Gasteiger partial charge >= 0.3 is 5.97 Å². The molecule has 3 rings (SSSR count). The molecule has 0 saturated carbocycles. The minimum Gasteiger partial charge on any atom is -0.465 e. The van der Waals surface area contributed by atoms with Crippen molar-refractivity contribution in [3.8, 4) is 0 Å². The fourth-order valence-electron chi connectivity index (χ4n) is 2.29. The average molecular weight is 358 g/mol. The number of thiophene rings is 1. The number of esters is 1. The van der Waals surface area contributed by atoms with Crippen LogP contribution in [0.5, 0.6) is 0 Å². The Balaban J connectivity index is 2.01. The minimum absolute atomic E-state index is 0.0481. The number of hydrogen-bond donors (Lipinski definition) is 0. The molecule has 1 aromatic carbocycles. The molecule has 114 valence electrons. The van der Waals surface area contributed by atoms with Crippen LogP contribution in [0.2, 0.25) is 10.0 Å². The van der Waals surface area contributed by atoms with Gasteiger partial charge in [0.05, 0.1) is 29.1 Å². The summed E-state index contributed by atoms with van der Waals surface area (Å²) < 4.78 is 20.6. The number of rotatable bonds is 3. The van der Waals surface area contributed by atoms with Crippen LogP contribution in [0.25, 0.3) is 10.9 Å². The molecule has 0 N–H and O–H groups in total. The van der Waals surface area contributed by atoms with Gasteiger partial charge in [-0.25, -0.2) is 9.18 Å². The Hall–Kier alpha value is -1.56.